The molecule has 0 amide bonds. The Kier molecular flexibility index (Phi) is 2.33. The van der Waals surface area contributed by atoms with Crippen LogP contribution in [0.4, 0.5) is 0 Å². The van der Waals surface area contributed by atoms with Gasteiger partial charge in [-0.3, -0.25) is 4.79 Å². The summed E-state index contributed by atoms with van der Waals surface area (Å²) in [5.74, 6) is 0.332. The smallest absolute Gasteiger partial charge is 0.143 e. The van der Waals surface area contributed by atoms with Crippen LogP contribution < -0.4 is 0 Å². The highest BCUT2D eigenvalue weighted by molar-refractivity contribution is 5.91. The van der Waals surface area contributed by atoms with Crippen molar-refractivity contribution in [2.45, 2.75) is 39.7 Å². The number of carbonyl (C=O) groups is 1. The number of carbonyl (C=O) groups excluding carboxylic acids is 1. The predicted octanol–water partition coefficient (Wildman–Crippen LogP) is 1.78. The number of rotatable bonds is 3. The highest BCUT2D eigenvalue weighted by Crippen LogP contribution is 2.38. The average Bonchev–Trinajstić information content (AvgIpc) is 1.97. The molecule has 0 heterocycles. The normalized spacial score (nSPS) is 28.3. The van der Waals surface area contributed by atoms with E-state index < -0.39 is 0 Å². The maximum Gasteiger partial charge on any atom is 0.143 e. The van der Waals surface area contributed by atoms with Crippen LogP contribution >= 0.6 is 0 Å². The van der Waals surface area contributed by atoms with E-state index in [0.29, 0.717) is 12.2 Å². The van der Waals surface area contributed by atoms with Gasteiger partial charge in [0.2, 0.25) is 0 Å². The molecule has 0 radical (unpaired) electrons. The van der Waals surface area contributed by atoms with Crippen molar-refractivity contribution in [1.82, 2.24) is 0 Å². The molecule has 0 aromatic heterocycles. The van der Waals surface area contributed by atoms with Gasteiger partial charge < -0.3 is 4.74 Å². The second kappa shape index (κ2) is 2.94. The number of Topliss-reactive ketones (excluding diaryl/α,β-unsaturated/α-hetero) is 1. The molecule has 1 saturated carbocycles. The van der Waals surface area contributed by atoms with E-state index in [-0.39, 0.29) is 11.5 Å². The molecule has 0 aliphatic heterocycles. The zero-order valence-corrected chi connectivity index (χ0v) is 7.52. The molecule has 1 atom stereocenters. The minimum absolute atomic E-state index is 0.176. The summed E-state index contributed by atoms with van der Waals surface area (Å²) in [6, 6.07) is 0. The van der Waals surface area contributed by atoms with Gasteiger partial charge in [-0.15, -0.1) is 0 Å². The minimum atomic E-state index is -0.213. The molecule has 1 aliphatic carbocycles. The largest absolute Gasteiger partial charge is 0.377 e. The molecule has 1 unspecified atom stereocenters. The third kappa shape index (κ3) is 1.45. The van der Waals surface area contributed by atoms with E-state index in [9.17, 15) is 4.79 Å². The van der Waals surface area contributed by atoms with Gasteiger partial charge in [-0.25, -0.2) is 0 Å². The summed E-state index contributed by atoms with van der Waals surface area (Å²) in [5, 5.41) is 0. The Morgan fingerprint density at radius 3 is 2.64 bits per heavy atom. The molecule has 2 heteroatoms. The van der Waals surface area contributed by atoms with Crippen LogP contribution in [0.2, 0.25) is 0 Å². The summed E-state index contributed by atoms with van der Waals surface area (Å²) in [6.45, 7) is 6.77. The summed E-state index contributed by atoms with van der Waals surface area (Å²) < 4.78 is 5.49. The molecule has 0 aromatic carbocycles. The molecule has 0 aromatic rings. The third-order valence-electron chi connectivity index (χ3n) is 2.42. The van der Waals surface area contributed by atoms with Gasteiger partial charge in [0.15, 0.2) is 0 Å². The molecule has 1 aliphatic rings. The SMILES string of the molecule is CCCOC1CC(=O)C1(C)C. The van der Waals surface area contributed by atoms with Crippen molar-refractivity contribution >= 4 is 5.78 Å². The molecular weight excluding hydrogens is 140 g/mol. The quantitative estimate of drug-likeness (QED) is 0.622. The van der Waals surface area contributed by atoms with Crippen molar-refractivity contribution in [3.05, 3.63) is 0 Å². The van der Waals surface area contributed by atoms with Crippen LogP contribution in [-0.2, 0) is 9.53 Å². The van der Waals surface area contributed by atoms with Gasteiger partial charge in [0.05, 0.1) is 11.5 Å². The van der Waals surface area contributed by atoms with Gasteiger partial charge >= 0.3 is 0 Å². The number of ether oxygens (including phenoxy) is 1. The fraction of sp³-hybridized carbons (Fsp3) is 0.889. The zero-order valence-electron chi connectivity index (χ0n) is 7.52. The fourth-order valence-corrected chi connectivity index (χ4v) is 1.26. The van der Waals surface area contributed by atoms with Crippen molar-refractivity contribution in [1.29, 1.82) is 0 Å². The number of hydrogen-bond acceptors (Lipinski definition) is 2. The lowest BCUT2D eigenvalue weighted by molar-refractivity contribution is -0.158. The summed E-state index contributed by atoms with van der Waals surface area (Å²) >= 11 is 0. The first-order valence-electron chi connectivity index (χ1n) is 4.24. The van der Waals surface area contributed by atoms with Crippen LogP contribution in [-0.4, -0.2) is 18.5 Å². The topological polar surface area (TPSA) is 26.3 Å². The van der Waals surface area contributed by atoms with Crippen LogP contribution in [0.25, 0.3) is 0 Å². The monoisotopic (exact) mass is 156 g/mol. The van der Waals surface area contributed by atoms with E-state index in [2.05, 4.69) is 6.92 Å². The third-order valence-corrected chi connectivity index (χ3v) is 2.42. The van der Waals surface area contributed by atoms with Gasteiger partial charge in [-0.1, -0.05) is 20.8 Å². The van der Waals surface area contributed by atoms with Gasteiger partial charge in [-0.2, -0.15) is 0 Å². The molecule has 0 spiro atoms. The first-order valence-corrected chi connectivity index (χ1v) is 4.24. The molecule has 1 rings (SSSR count). The van der Waals surface area contributed by atoms with E-state index in [4.69, 9.17) is 4.74 Å². The molecule has 2 nitrogen and oxygen atoms in total. The molecule has 64 valence electrons. The van der Waals surface area contributed by atoms with E-state index in [1.54, 1.807) is 0 Å². The second-order valence-corrected chi connectivity index (χ2v) is 3.71. The summed E-state index contributed by atoms with van der Waals surface area (Å²) in [4.78, 5) is 11.0. The molecule has 0 bridgehead atoms. The Bertz CT molecular complexity index is 161. The van der Waals surface area contributed by atoms with Crippen LogP contribution in [0, 0.1) is 5.41 Å². The van der Waals surface area contributed by atoms with E-state index in [1.165, 1.54) is 0 Å². The van der Waals surface area contributed by atoms with E-state index in [1.807, 2.05) is 13.8 Å². The Labute approximate surface area is 67.9 Å². The standard InChI is InChI=1S/C9H16O2/c1-4-5-11-8-6-7(10)9(8,2)3/h8H,4-6H2,1-3H3. The fourth-order valence-electron chi connectivity index (χ4n) is 1.26. The van der Waals surface area contributed by atoms with Crippen molar-refractivity contribution in [3.8, 4) is 0 Å². The lowest BCUT2D eigenvalue weighted by atomic mass is 9.68. The van der Waals surface area contributed by atoms with Crippen molar-refractivity contribution in [3.63, 3.8) is 0 Å². The maximum atomic E-state index is 11.0. The van der Waals surface area contributed by atoms with Gasteiger partial charge in [0.25, 0.3) is 0 Å². The molecule has 11 heavy (non-hydrogen) atoms. The Morgan fingerprint density at radius 2 is 2.27 bits per heavy atom. The van der Waals surface area contributed by atoms with Crippen LogP contribution in [0.1, 0.15) is 33.6 Å². The van der Waals surface area contributed by atoms with Gasteiger partial charge in [-0.05, 0) is 6.42 Å². The highest BCUT2D eigenvalue weighted by atomic mass is 16.5. The molecule has 0 saturated heterocycles. The summed E-state index contributed by atoms with van der Waals surface area (Å²) in [6.07, 6.45) is 1.82. The lowest BCUT2D eigenvalue weighted by Crippen LogP contribution is -2.51. The van der Waals surface area contributed by atoms with Gasteiger partial charge in [0, 0.05) is 13.0 Å². The highest BCUT2D eigenvalue weighted by Gasteiger charge is 2.47. The summed E-state index contributed by atoms with van der Waals surface area (Å²) in [7, 11) is 0. The zero-order chi connectivity index (χ0) is 8.48. The van der Waals surface area contributed by atoms with E-state index >= 15 is 0 Å². The van der Waals surface area contributed by atoms with Crippen molar-refractivity contribution in [2.24, 2.45) is 5.41 Å². The Balaban J connectivity index is 2.34. The molecular formula is C9H16O2. The first-order chi connectivity index (χ1) is 5.09. The Hall–Kier alpha value is -0.370. The Morgan fingerprint density at radius 1 is 1.64 bits per heavy atom. The average molecular weight is 156 g/mol. The minimum Gasteiger partial charge on any atom is -0.377 e. The molecule has 0 N–H and O–H groups in total. The number of ketones is 1. The van der Waals surface area contributed by atoms with Gasteiger partial charge in [0.1, 0.15) is 5.78 Å². The first kappa shape index (κ1) is 8.72. The second-order valence-electron chi connectivity index (χ2n) is 3.71. The summed E-state index contributed by atoms with van der Waals surface area (Å²) in [5.41, 5.74) is -0.213. The lowest BCUT2D eigenvalue weighted by Gasteiger charge is -2.41. The predicted molar refractivity (Wildman–Crippen MR) is 43.4 cm³/mol. The van der Waals surface area contributed by atoms with Crippen LogP contribution in [0.3, 0.4) is 0 Å². The van der Waals surface area contributed by atoms with E-state index in [0.717, 1.165) is 13.0 Å². The van der Waals surface area contributed by atoms with Crippen LogP contribution in [0.5, 0.6) is 0 Å². The van der Waals surface area contributed by atoms with Crippen molar-refractivity contribution < 1.29 is 9.53 Å². The molecule has 1 fully saturated rings. The van der Waals surface area contributed by atoms with Crippen LogP contribution in [0.15, 0.2) is 0 Å². The number of hydrogen-bond donors (Lipinski definition) is 0. The van der Waals surface area contributed by atoms with Crippen molar-refractivity contribution in [2.75, 3.05) is 6.61 Å². The maximum absolute atomic E-state index is 11.0.